The average molecular weight is 570 g/mol. The Morgan fingerprint density at radius 1 is 1.21 bits per heavy atom. The van der Waals surface area contributed by atoms with Gasteiger partial charge in [0.05, 0.1) is 35.2 Å². The topological polar surface area (TPSA) is 97.6 Å². The number of carbonyl (C=O) groups excluding carboxylic acids is 1. The number of amides is 1. The SMILES string of the molecule is CCOc1ncccc1-c1ccc(N2CC3(CCN(Cc4ccc(F)cc4C#N)C3)C2)c(C(=O)N[C@@H]2CCN(C)C2)n1. The van der Waals surface area contributed by atoms with Crippen molar-refractivity contribution in [3.63, 3.8) is 0 Å². The Morgan fingerprint density at radius 3 is 2.83 bits per heavy atom. The highest BCUT2D eigenvalue weighted by molar-refractivity contribution is 5.99. The summed E-state index contributed by atoms with van der Waals surface area (Å²) in [5, 5.41) is 12.7. The van der Waals surface area contributed by atoms with Crippen molar-refractivity contribution in [3.8, 4) is 23.2 Å². The molecular weight excluding hydrogens is 533 g/mol. The summed E-state index contributed by atoms with van der Waals surface area (Å²) in [4.78, 5) is 29.8. The molecule has 0 bridgehead atoms. The second-order valence-corrected chi connectivity index (χ2v) is 11.8. The molecular formula is C32H36FN7O2. The molecule has 0 radical (unpaired) electrons. The van der Waals surface area contributed by atoms with Crippen LogP contribution in [0.1, 0.15) is 41.4 Å². The van der Waals surface area contributed by atoms with Gasteiger partial charge < -0.3 is 19.9 Å². The molecule has 5 heterocycles. The summed E-state index contributed by atoms with van der Waals surface area (Å²) in [7, 11) is 2.07. The number of rotatable bonds is 8. The van der Waals surface area contributed by atoms with Crippen molar-refractivity contribution in [1.82, 2.24) is 25.1 Å². The van der Waals surface area contributed by atoms with Gasteiger partial charge in [0.15, 0.2) is 5.69 Å². The Hall–Kier alpha value is -4.07. The van der Waals surface area contributed by atoms with Gasteiger partial charge in [-0.25, -0.2) is 14.4 Å². The molecule has 10 heteroatoms. The number of nitriles is 1. The lowest BCUT2D eigenvalue weighted by atomic mass is 9.78. The average Bonchev–Trinajstić information content (AvgIpc) is 3.59. The fourth-order valence-electron chi connectivity index (χ4n) is 6.55. The quantitative estimate of drug-likeness (QED) is 0.439. The smallest absolute Gasteiger partial charge is 0.272 e. The van der Waals surface area contributed by atoms with Crippen LogP contribution in [0.25, 0.3) is 11.3 Å². The minimum absolute atomic E-state index is 0.0917. The van der Waals surface area contributed by atoms with E-state index in [2.05, 4.69) is 38.1 Å². The van der Waals surface area contributed by atoms with Crippen molar-refractivity contribution < 1.29 is 13.9 Å². The van der Waals surface area contributed by atoms with Gasteiger partial charge in [0.1, 0.15) is 5.82 Å². The third-order valence-electron chi connectivity index (χ3n) is 8.64. The number of likely N-dealkylation sites (tertiary alicyclic amines) is 2. The lowest BCUT2D eigenvalue weighted by Gasteiger charge is -2.50. The first-order valence-corrected chi connectivity index (χ1v) is 14.6. The maximum Gasteiger partial charge on any atom is 0.272 e. The molecule has 218 valence electrons. The van der Waals surface area contributed by atoms with Gasteiger partial charge in [-0.15, -0.1) is 0 Å². The highest BCUT2D eigenvalue weighted by Gasteiger charge is 2.48. The molecule has 0 saturated carbocycles. The highest BCUT2D eigenvalue weighted by Crippen LogP contribution is 2.43. The molecule has 6 rings (SSSR count). The lowest BCUT2D eigenvalue weighted by molar-refractivity contribution is 0.0932. The Balaban J connectivity index is 1.21. The van der Waals surface area contributed by atoms with Crippen LogP contribution in [-0.4, -0.2) is 84.6 Å². The van der Waals surface area contributed by atoms with Crippen LogP contribution in [0, 0.1) is 22.6 Å². The highest BCUT2D eigenvalue weighted by atomic mass is 19.1. The molecule has 9 nitrogen and oxygen atoms in total. The molecule has 42 heavy (non-hydrogen) atoms. The van der Waals surface area contributed by atoms with Crippen molar-refractivity contribution in [2.75, 3.05) is 57.8 Å². The zero-order chi connectivity index (χ0) is 29.3. The normalized spacial score (nSPS) is 20.0. The number of ether oxygens (including phenoxy) is 1. The first-order valence-electron chi connectivity index (χ1n) is 14.6. The summed E-state index contributed by atoms with van der Waals surface area (Å²) in [6.07, 6.45) is 3.63. The number of nitrogens with one attached hydrogen (secondary N) is 1. The summed E-state index contributed by atoms with van der Waals surface area (Å²) in [5.74, 6) is -0.0538. The molecule has 0 unspecified atom stereocenters. The van der Waals surface area contributed by atoms with E-state index in [4.69, 9.17) is 9.72 Å². The zero-order valence-electron chi connectivity index (χ0n) is 24.1. The van der Waals surface area contributed by atoms with E-state index in [1.807, 2.05) is 31.2 Å². The third kappa shape index (κ3) is 5.67. The number of anilines is 1. The van der Waals surface area contributed by atoms with Crippen LogP contribution in [0.15, 0.2) is 48.7 Å². The number of benzene rings is 1. The first-order chi connectivity index (χ1) is 20.4. The Bertz CT molecular complexity index is 1520. The van der Waals surface area contributed by atoms with E-state index in [1.165, 1.54) is 12.1 Å². The van der Waals surface area contributed by atoms with E-state index in [-0.39, 0.29) is 23.2 Å². The molecule has 3 aromatic rings. The zero-order valence-corrected chi connectivity index (χ0v) is 24.1. The molecule has 1 atom stereocenters. The summed E-state index contributed by atoms with van der Waals surface area (Å²) in [6, 6.07) is 14.4. The monoisotopic (exact) mass is 569 g/mol. The van der Waals surface area contributed by atoms with Gasteiger partial charge in [0.2, 0.25) is 5.88 Å². The fourth-order valence-corrected chi connectivity index (χ4v) is 6.55. The molecule has 3 saturated heterocycles. The number of pyridine rings is 2. The lowest BCUT2D eigenvalue weighted by Crippen LogP contribution is -2.58. The first kappa shape index (κ1) is 28.1. The Morgan fingerprint density at radius 2 is 2.07 bits per heavy atom. The summed E-state index contributed by atoms with van der Waals surface area (Å²) in [6.45, 7) is 8.25. The number of halogens is 1. The summed E-state index contributed by atoms with van der Waals surface area (Å²) >= 11 is 0. The minimum atomic E-state index is -0.389. The van der Waals surface area contributed by atoms with Crippen molar-refractivity contribution in [2.24, 2.45) is 5.41 Å². The van der Waals surface area contributed by atoms with E-state index in [9.17, 15) is 14.4 Å². The molecule has 1 aromatic carbocycles. The maximum absolute atomic E-state index is 13.7. The van der Waals surface area contributed by atoms with Crippen LogP contribution in [0.5, 0.6) is 5.88 Å². The second kappa shape index (κ2) is 11.7. The Kier molecular flexibility index (Phi) is 7.80. The van der Waals surface area contributed by atoms with Crippen molar-refractivity contribution in [1.29, 1.82) is 5.26 Å². The molecule has 0 aliphatic carbocycles. The van der Waals surface area contributed by atoms with Crippen LogP contribution in [0.3, 0.4) is 0 Å². The molecule has 3 aliphatic heterocycles. The Labute approximate surface area is 245 Å². The predicted molar refractivity (Wildman–Crippen MR) is 158 cm³/mol. The predicted octanol–water partition coefficient (Wildman–Crippen LogP) is 3.70. The van der Waals surface area contributed by atoms with Gasteiger partial charge in [-0.3, -0.25) is 9.69 Å². The van der Waals surface area contributed by atoms with Gasteiger partial charge in [-0.2, -0.15) is 5.26 Å². The van der Waals surface area contributed by atoms with Gasteiger partial charge in [-0.1, -0.05) is 6.07 Å². The van der Waals surface area contributed by atoms with E-state index >= 15 is 0 Å². The molecule has 2 aromatic heterocycles. The number of aromatic nitrogens is 2. The van der Waals surface area contributed by atoms with Gasteiger partial charge >= 0.3 is 0 Å². The van der Waals surface area contributed by atoms with Crippen LogP contribution >= 0.6 is 0 Å². The molecule has 1 spiro atoms. The van der Waals surface area contributed by atoms with Crippen molar-refractivity contribution >= 4 is 11.6 Å². The van der Waals surface area contributed by atoms with E-state index < -0.39 is 0 Å². The second-order valence-electron chi connectivity index (χ2n) is 11.8. The maximum atomic E-state index is 13.7. The van der Waals surface area contributed by atoms with Crippen molar-refractivity contribution in [3.05, 3.63) is 71.3 Å². The summed E-state index contributed by atoms with van der Waals surface area (Å²) < 4.78 is 19.4. The van der Waals surface area contributed by atoms with Gasteiger partial charge in [0.25, 0.3) is 5.91 Å². The number of hydrogen-bond acceptors (Lipinski definition) is 8. The standard InChI is InChI=1S/C32H36FN7O2/c1-3-42-31-26(5-4-12-35-31)27-8-9-28(29(37-27)30(41)36-25-10-13-38(2)18-25)40-20-32(21-40)11-14-39(19-32)17-22-6-7-24(33)15-23(22)16-34/h4-9,12,15,25H,3,10-11,13-14,17-21H2,1-2H3,(H,36,41)/t25-/m1/s1. The largest absolute Gasteiger partial charge is 0.477 e. The third-order valence-corrected chi connectivity index (χ3v) is 8.64. The number of nitrogens with zero attached hydrogens (tertiary/aromatic N) is 6. The van der Waals surface area contributed by atoms with Crippen LogP contribution in [-0.2, 0) is 6.54 Å². The van der Waals surface area contributed by atoms with Crippen molar-refractivity contribution in [2.45, 2.75) is 32.4 Å². The van der Waals surface area contributed by atoms with Gasteiger partial charge in [-0.05, 0) is 81.9 Å². The van der Waals surface area contributed by atoms with E-state index in [0.717, 1.165) is 68.9 Å². The molecule has 1 N–H and O–H groups in total. The minimum Gasteiger partial charge on any atom is -0.477 e. The molecule has 1 amide bonds. The summed E-state index contributed by atoms with van der Waals surface area (Å²) in [5.41, 5.74) is 4.01. The number of likely N-dealkylation sites (N-methyl/N-ethyl adjacent to an activating group) is 1. The van der Waals surface area contributed by atoms with Crippen LogP contribution < -0.4 is 15.0 Å². The fraction of sp³-hybridized carbons (Fsp3) is 0.438. The molecule has 3 aliphatic rings. The van der Waals surface area contributed by atoms with Crippen LogP contribution in [0.2, 0.25) is 0 Å². The number of carbonyl (C=O) groups is 1. The van der Waals surface area contributed by atoms with E-state index in [0.29, 0.717) is 36.0 Å². The van der Waals surface area contributed by atoms with E-state index in [1.54, 1.807) is 12.3 Å². The van der Waals surface area contributed by atoms with Crippen LogP contribution in [0.4, 0.5) is 10.1 Å². The van der Waals surface area contributed by atoms with Gasteiger partial charge in [0, 0.05) is 50.4 Å². The molecule has 3 fully saturated rings. The number of hydrogen-bond donors (Lipinski definition) is 1.